The lowest BCUT2D eigenvalue weighted by Gasteiger charge is -2.36. The van der Waals surface area contributed by atoms with Crippen LogP contribution in [-0.2, 0) is 4.79 Å². The molecular weight excluding hydrogens is 262 g/mol. The predicted molar refractivity (Wildman–Crippen MR) is 76.2 cm³/mol. The van der Waals surface area contributed by atoms with Crippen molar-refractivity contribution in [3.8, 4) is 0 Å². The van der Waals surface area contributed by atoms with E-state index in [0.717, 1.165) is 24.6 Å². The van der Waals surface area contributed by atoms with Crippen LogP contribution in [0.4, 0.5) is 5.69 Å². The summed E-state index contributed by atoms with van der Waals surface area (Å²) in [6.07, 6.45) is 4.16. The van der Waals surface area contributed by atoms with Crippen molar-refractivity contribution in [2.24, 2.45) is 5.73 Å². The monoisotopic (exact) mass is 275 g/mol. The van der Waals surface area contributed by atoms with Gasteiger partial charge in [-0.1, -0.05) is 11.6 Å². The van der Waals surface area contributed by atoms with Crippen molar-refractivity contribution in [1.29, 1.82) is 0 Å². The van der Waals surface area contributed by atoms with Crippen molar-refractivity contribution in [2.75, 3.05) is 5.32 Å². The summed E-state index contributed by atoms with van der Waals surface area (Å²) < 4.78 is 0. The number of hydrogen-bond donors (Lipinski definition) is 2. The van der Waals surface area contributed by atoms with Crippen LogP contribution in [0.25, 0.3) is 10.9 Å². The number of carbonyl (C=O) groups is 1. The third-order valence-electron chi connectivity index (χ3n) is 3.67. The third kappa shape index (κ3) is 2.07. The van der Waals surface area contributed by atoms with Crippen molar-refractivity contribution in [3.05, 3.63) is 35.5 Å². The standard InChI is InChI=1S/C14H14ClN3O/c15-10-4-5-11(9-3-1-8-17-12(9)10)18-13(19)14(16)6-2-7-14/h1,3-5,8H,2,6-7,16H2,(H,18,19). The molecule has 1 aliphatic rings. The molecule has 0 bridgehead atoms. The molecule has 1 fully saturated rings. The summed E-state index contributed by atoms with van der Waals surface area (Å²) in [5.74, 6) is -0.133. The summed E-state index contributed by atoms with van der Waals surface area (Å²) in [6, 6.07) is 7.21. The van der Waals surface area contributed by atoms with Crippen LogP contribution in [0, 0.1) is 0 Å². The summed E-state index contributed by atoms with van der Waals surface area (Å²) in [5, 5.41) is 4.29. The van der Waals surface area contributed by atoms with Gasteiger partial charge in [-0.15, -0.1) is 0 Å². The molecule has 0 radical (unpaired) electrons. The van der Waals surface area contributed by atoms with E-state index in [-0.39, 0.29) is 5.91 Å². The molecule has 4 nitrogen and oxygen atoms in total. The fourth-order valence-electron chi connectivity index (χ4n) is 2.28. The first-order chi connectivity index (χ1) is 9.10. The average Bonchev–Trinajstić information content (AvgIpc) is 2.39. The minimum absolute atomic E-state index is 0.133. The number of fused-ring (bicyclic) bond motifs is 1. The molecule has 0 aliphatic heterocycles. The highest BCUT2D eigenvalue weighted by Gasteiger charge is 2.40. The van der Waals surface area contributed by atoms with Crippen LogP contribution in [0.5, 0.6) is 0 Å². The maximum atomic E-state index is 12.2. The van der Waals surface area contributed by atoms with E-state index >= 15 is 0 Å². The number of hydrogen-bond acceptors (Lipinski definition) is 3. The minimum atomic E-state index is -0.714. The van der Waals surface area contributed by atoms with Gasteiger partial charge >= 0.3 is 0 Å². The molecule has 1 aromatic heterocycles. The van der Waals surface area contributed by atoms with Crippen LogP contribution in [-0.4, -0.2) is 16.4 Å². The molecular formula is C14H14ClN3O. The minimum Gasteiger partial charge on any atom is -0.324 e. The molecule has 1 aromatic carbocycles. The number of carbonyl (C=O) groups excluding carboxylic acids is 1. The summed E-state index contributed by atoms with van der Waals surface area (Å²) in [4.78, 5) is 16.4. The van der Waals surface area contributed by atoms with E-state index in [9.17, 15) is 4.79 Å². The molecule has 0 unspecified atom stereocenters. The van der Waals surface area contributed by atoms with E-state index in [2.05, 4.69) is 10.3 Å². The second-order valence-corrected chi connectivity index (χ2v) is 5.37. The van der Waals surface area contributed by atoms with Crippen LogP contribution in [0.2, 0.25) is 5.02 Å². The van der Waals surface area contributed by atoms with Gasteiger partial charge in [0.1, 0.15) is 0 Å². The number of rotatable bonds is 2. The van der Waals surface area contributed by atoms with Gasteiger partial charge < -0.3 is 11.1 Å². The van der Waals surface area contributed by atoms with Crippen LogP contribution in [0.15, 0.2) is 30.5 Å². The van der Waals surface area contributed by atoms with Crippen molar-refractivity contribution < 1.29 is 4.79 Å². The zero-order chi connectivity index (χ0) is 13.5. The number of halogens is 1. The SMILES string of the molecule is NC1(C(=O)Nc2ccc(Cl)c3ncccc23)CCC1. The van der Waals surface area contributed by atoms with Crippen molar-refractivity contribution >= 4 is 34.1 Å². The lowest BCUT2D eigenvalue weighted by atomic mass is 9.77. The van der Waals surface area contributed by atoms with Gasteiger partial charge in [0.05, 0.1) is 21.8 Å². The van der Waals surface area contributed by atoms with Crippen molar-refractivity contribution in [1.82, 2.24) is 4.98 Å². The molecule has 1 saturated carbocycles. The number of benzene rings is 1. The number of anilines is 1. The Labute approximate surface area is 116 Å². The molecule has 0 spiro atoms. The maximum absolute atomic E-state index is 12.2. The molecule has 0 atom stereocenters. The van der Waals surface area contributed by atoms with Crippen LogP contribution >= 0.6 is 11.6 Å². The van der Waals surface area contributed by atoms with E-state index in [4.69, 9.17) is 17.3 Å². The van der Waals surface area contributed by atoms with E-state index in [1.165, 1.54) is 0 Å². The summed E-state index contributed by atoms with van der Waals surface area (Å²) in [5.41, 5.74) is 6.69. The highest BCUT2D eigenvalue weighted by molar-refractivity contribution is 6.35. The summed E-state index contributed by atoms with van der Waals surface area (Å²) >= 11 is 6.09. The number of amides is 1. The Balaban J connectivity index is 1.97. The molecule has 19 heavy (non-hydrogen) atoms. The van der Waals surface area contributed by atoms with Crippen LogP contribution < -0.4 is 11.1 Å². The first-order valence-corrected chi connectivity index (χ1v) is 6.61. The zero-order valence-electron chi connectivity index (χ0n) is 10.3. The Morgan fingerprint density at radius 2 is 2.16 bits per heavy atom. The van der Waals surface area contributed by atoms with Crippen LogP contribution in [0.3, 0.4) is 0 Å². The van der Waals surface area contributed by atoms with Gasteiger partial charge in [-0.3, -0.25) is 9.78 Å². The van der Waals surface area contributed by atoms with Gasteiger partial charge in [0.15, 0.2) is 0 Å². The Hall–Kier alpha value is -1.65. The number of nitrogens with one attached hydrogen (secondary N) is 1. The summed E-state index contributed by atoms with van der Waals surface area (Å²) in [6.45, 7) is 0. The molecule has 98 valence electrons. The fourth-order valence-corrected chi connectivity index (χ4v) is 2.49. The third-order valence-corrected chi connectivity index (χ3v) is 3.97. The summed E-state index contributed by atoms with van der Waals surface area (Å²) in [7, 11) is 0. The van der Waals surface area contributed by atoms with E-state index < -0.39 is 5.54 Å². The van der Waals surface area contributed by atoms with E-state index in [1.807, 2.05) is 12.1 Å². The largest absolute Gasteiger partial charge is 0.324 e. The molecule has 1 amide bonds. The lowest BCUT2D eigenvalue weighted by molar-refractivity contribution is -0.123. The van der Waals surface area contributed by atoms with Gasteiger partial charge in [-0.25, -0.2) is 0 Å². The van der Waals surface area contributed by atoms with Crippen molar-refractivity contribution in [2.45, 2.75) is 24.8 Å². The number of pyridine rings is 1. The Morgan fingerprint density at radius 3 is 2.84 bits per heavy atom. The quantitative estimate of drug-likeness (QED) is 0.885. The van der Waals surface area contributed by atoms with Gasteiger partial charge in [-0.2, -0.15) is 0 Å². The predicted octanol–water partition coefficient (Wildman–Crippen LogP) is 2.71. The maximum Gasteiger partial charge on any atom is 0.244 e. The Bertz CT molecular complexity index is 652. The Morgan fingerprint density at radius 1 is 1.37 bits per heavy atom. The fraction of sp³-hybridized carbons (Fsp3) is 0.286. The Kier molecular flexibility index (Phi) is 2.92. The van der Waals surface area contributed by atoms with Crippen LogP contribution in [0.1, 0.15) is 19.3 Å². The molecule has 5 heteroatoms. The van der Waals surface area contributed by atoms with Gasteiger partial charge in [0.2, 0.25) is 5.91 Å². The lowest BCUT2D eigenvalue weighted by Crippen LogP contribution is -2.56. The van der Waals surface area contributed by atoms with Crippen molar-refractivity contribution in [3.63, 3.8) is 0 Å². The topological polar surface area (TPSA) is 68.0 Å². The molecule has 1 aliphatic carbocycles. The molecule has 2 aromatic rings. The molecule has 1 heterocycles. The van der Waals surface area contributed by atoms with Gasteiger partial charge in [-0.05, 0) is 43.5 Å². The molecule has 0 saturated heterocycles. The molecule has 3 rings (SSSR count). The average molecular weight is 276 g/mol. The highest BCUT2D eigenvalue weighted by atomic mass is 35.5. The van der Waals surface area contributed by atoms with Gasteiger partial charge in [0.25, 0.3) is 0 Å². The van der Waals surface area contributed by atoms with Gasteiger partial charge in [0, 0.05) is 11.6 Å². The molecule has 3 N–H and O–H groups in total. The second-order valence-electron chi connectivity index (χ2n) is 4.96. The number of aromatic nitrogens is 1. The second kappa shape index (κ2) is 4.47. The first kappa shape index (κ1) is 12.4. The smallest absolute Gasteiger partial charge is 0.244 e. The zero-order valence-corrected chi connectivity index (χ0v) is 11.1. The number of nitrogens with two attached hydrogens (primary N) is 1. The first-order valence-electron chi connectivity index (χ1n) is 6.24. The number of nitrogens with zero attached hydrogens (tertiary/aromatic N) is 1. The van der Waals surface area contributed by atoms with E-state index in [1.54, 1.807) is 18.3 Å². The highest BCUT2D eigenvalue weighted by Crippen LogP contribution is 2.32. The van der Waals surface area contributed by atoms with E-state index in [0.29, 0.717) is 16.2 Å². The normalized spacial score (nSPS) is 16.9.